The molecule has 0 aromatic heterocycles. The first-order chi connectivity index (χ1) is 15.5. The molecule has 2 aromatic carbocycles. The Labute approximate surface area is 192 Å². The number of alkyl halides is 3. The van der Waals surface area contributed by atoms with Crippen molar-refractivity contribution in [3.63, 3.8) is 0 Å². The predicted molar refractivity (Wildman–Crippen MR) is 121 cm³/mol. The van der Waals surface area contributed by atoms with E-state index in [9.17, 15) is 21.6 Å². The number of benzene rings is 2. The van der Waals surface area contributed by atoms with E-state index in [1.165, 1.54) is 28.8 Å². The summed E-state index contributed by atoms with van der Waals surface area (Å²) in [4.78, 5) is 0. The molecule has 3 aliphatic rings. The molecule has 0 heterocycles. The quantitative estimate of drug-likeness (QED) is 0.363. The van der Waals surface area contributed by atoms with Gasteiger partial charge in [-0.05, 0) is 96.6 Å². The summed E-state index contributed by atoms with van der Waals surface area (Å²) in [7, 11) is -5.66. The van der Waals surface area contributed by atoms with Crippen LogP contribution in [0.1, 0.15) is 60.8 Å². The third-order valence-corrected chi connectivity index (χ3v) is 9.08. The molecule has 7 heteroatoms. The van der Waals surface area contributed by atoms with E-state index in [1.54, 1.807) is 6.07 Å². The average molecular weight is 477 g/mol. The molecule has 0 spiro atoms. The van der Waals surface area contributed by atoms with Gasteiger partial charge in [-0.15, -0.1) is 0 Å². The Hall–Kier alpha value is -2.28. The van der Waals surface area contributed by atoms with Crippen molar-refractivity contribution in [3.05, 3.63) is 70.8 Å². The molecule has 0 amide bonds. The molecule has 0 saturated heterocycles. The standard InChI is InChI=1S/C26H27F3O3S/c1-16-4-3-5-18(14-16)23-10-11-24-22-8-6-17-15-19(32-33(30,31)26(27,28)29)7-9-20(17)21(22)12-13-25(23,24)2/h3-5,7,9-10,14-15,21-22,24H,6,8,11-13H2,1-2H3/t21-,22-,24+,25-/m1/s1. The number of aryl methyl sites for hydroxylation is 2. The molecule has 0 unspecified atom stereocenters. The van der Waals surface area contributed by atoms with Crippen LogP contribution in [0.15, 0.2) is 48.5 Å². The Morgan fingerprint density at radius 3 is 2.61 bits per heavy atom. The number of hydrogen-bond acceptors (Lipinski definition) is 3. The minimum absolute atomic E-state index is 0.121. The van der Waals surface area contributed by atoms with Gasteiger partial charge in [0, 0.05) is 0 Å². The number of fused-ring (bicyclic) bond motifs is 5. The lowest BCUT2D eigenvalue weighted by atomic mass is 9.54. The molecular formula is C26H27F3O3S. The van der Waals surface area contributed by atoms with Crippen molar-refractivity contribution in [2.24, 2.45) is 17.3 Å². The monoisotopic (exact) mass is 476 g/mol. The van der Waals surface area contributed by atoms with Gasteiger partial charge in [0.05, 0.1) is 0 Å². The Morgan fingerprint density at radius 1 is 1.09 bits per heavy atom. The van der Waals surface area contributed by atoms with Crippen LogP contribution in [-0.4, -0.2) is 13.9 Å². The minimum Gasteiger partial charge on any atom is -0.376 e. The summed E-state index contributed by atoms with van der Waals surface area (Å²) < 4.78 is 65.2. The fourth-order valence-corrected chi connectivity index (χ4v) is 7.06. The zero-order valence-electron chi connectivity index (χ0n) is 18.7. The van der Waals surface area contributed by atoms with Gasteiger partial charge in [0.25, 0.3) is 0 Å². The molecule has 3 aliphatic carbocycles. The molecule has 0 aliphatic heterocycles. The maximum atomic E-state index is 12.7. The van der Waals surface area contributed by atoms with Gasteiger partial charge in [0.15, 0.2) is 0 Å². The molecule has 3 nitrogen and oxygen atoms in total. The highest BCUT2D eigenvalue weighted by molar-refractivity contribution is 7.88. The second-order valence-electron chi connectivity index (χ2n) is 9.94. The molecule has 176 valence electrons. The minimum atomic E-state index is -5.66. The van der Waals surface area contributed by atoms with Crippen LogP contribution in [0.3, 0.4) is 0 Å². The molecule has 4 atom stereocenters. The number of hydrogen-bond donors (Lipinski definition) is 0. The van der Waals surface area contributed by atoms with Crippen molar-refractivity contribution >= 4 is 15.7 Å². The normalized spacial score (nSPS) is 29.0. The van der Waals surface area contributed by atoms with Gasteiger partial charge in [0.1, 0.15) is 5.75 Å². The second kappa shape index (κ2) is 7.62. The van der Waals surface area contributed by atoms with E-state index in [-0.39, 0.29) is 11.2 Å². The lowest BCUT2D eigenvalue weighted by Crippen LogP contribution is -2.40. The van der Waals surface area contributed by atoms with E-state index >= 15 is 0 Å². The summed E-state index contributed by atoms with van der Waals surface area (Å²) >= 11 is 0. The topological polar surface area (TPSA) is 43.4 Å². The SMILES string of the molecule is Cc1cccc(C2=CC[C@H]3[C@@H]4CCc5cc(OS(=O)(=O)C(F)(F)F)ccc5[C@H]4CC[C@]23C)c1. The molecule has 0 bridgehead atoms. The van der Waals surface area contributed by atoms with Gasteiger partial charge >= 0.3 is 15.6 Å². The zero-order chi connectivity index (χ0) is 23.6. The summed E-state index contributed by atoms with van der Waals surface area (Å²) in [6, 6.07) is 13.3. The zero-order valence-corrected chi connectivity index (χ0v) is 19.5. The maximum Gasteiger partial charge on any atom is 0.534 e. The van der Waals surface area contributed by atoms with Crippen molar-refractivity contribution in [3.8, 4) is 5.75 Å². The van der Waals surface area contributed by atoms with Crippen LogP contribution in [0.25, 0.3) is 5.57 Å². The fraction of sp³-hybridized carbons (Fsp3) is 0.462. The van der Waals surface area contributed by atoms with Crippen LogP contribution in [0.5, 0.6) is 5.75 Å². The summed E-state index contributed by atoms with van der Waals surface area (Å²) in [5.74, 6) is 1.10. The Bertz CT molecular complexity index is 1230. The van der Waals surface area contributed by atoms with Gasteiger partial charge in [-0.25, -0.2) is 0 Å². The van der Waals surface area contributed by atoms with Crippen molar-refractivity contribution in [1.29, 1.82) is 0 Å². The van der Waals surface area contributed by atoms with Gasteiger partial charge < -0.3 is 4.18 Å². The molecule has 0 radical (unpaired) electrons. The van der Waals surface area contributed by atoms with Crippen LogP contribution in [0.4, 0.5) is 13.2 Å². The largest absolute Gasteiger partial charge is 0.534 e. The van der Waals surface area contributed by atoms with Gasteiger partial charge in [-0.3, -0.25) is 0 Å². The summed E-state index contributed by atoms with van der Waals surface area (Å²) in [6.45, 7) is 4.51. The summed E-state index contributed by atoms with van der Waals surface area (Å²) in [5, 5.41) is 0. The highest BCUT2D eigenvalue weighted by Gasteiger charge is 2.52. The highest BCUT2D eigenvalue weighted by Crippen LogP contribution is 2.63. The Morgan fingerprint density at radius 2 is 1.88 bits per heavy atom. The summed E-state index contributed by atoms with van der Waals surface area (Å²) in [5.41, 5.74) is 0.728. The van der Waals surface area contributed by atoms with Crippen LogP contribution in [-0.2, 0) is 16.5 Å². The third kappa shape index (κ3) is 3.69. The predicted octanol–water partition coefficient (Wildman–Crippen LogP) is 6.77. The maximum absolute atomic E-state index is 12.7. The molecule has 1 fully saturated rings. The van der Waals surface area contributed by atoms with Crippen molar-refractivity contribution in [2.45, 2.75) is 57.4 Å². The lowest BCUT2D eigenvalue weighted by Gasteiger charge is -2.50. The van der Waals surface area contributed by atoms with Crippen molar-refractivity contribution < 1.29 is 25.8 Å². The van der Waals surface area contributed by atoms with E-state index in [0.29, 0.717) is 24.2 Å². The van der Waals surface area contributed by atoms with E-state index < -0.39 is 15.6 Å². The van der Waals surface area contributed by atoms with Gasteiger partial charge in [-0.2, -0.15) is 21.6 Å². The Balaban J connectivity index is 1.40. The van der Waals surface area contributed by atoms with Crippen molar-refractivity contribution in [1.82, 2.24) is 0 Å². The van der Waals surface area contributed by atoms with Crippen LogP contribution in [0.2, 0.25) is 0 Å². The fourth-order valence-electron chi connectivity index (χ4n) is 6.61. The molecular weight excluding hydrogens is 449 g/mol. The van der Waals surface area contributed by atoms with E-state index in [2.05, 4.69) is 48.4 Å². The molecule has 2 aromatic rings. The average Bonchev–Trinajstić information content (AvgIpc) is 3.09. The number of rotatable bonds is 3. The lowest BCUT2D eigenvalue weighted by molar-refractivity contribution is -0.0500. The Kier molecular flexibility index (Phi) is 5.20. The third-order valence-electron chi connectivity index (χ3n) is 8.10. The molecule has 33 heavy (non-hydrogen) atoms. The first-order valence-electron chi connectivity index (χ1n) is 11.4. The molecule has 1 saturated carbocycles. The van der Waals surface area contributed by atoms with Crippen molar-refractivity contribution in [2.75, 3.05) is 0 Å². The smallest absolute Gasteiger partial charge is 0.376 e. The van der Waals surface area contributed by atoms with Crippen LogP contribution >= 0.6 is 0 Å². The molecule has 5 rings (SSSR count). The van der Waals surface area contributed by atoms with E-state index in [4.69, 9.17) is 0 Å². The van der Waals surface area contributed by atoms with E-state index in [1.807, 2.05) is 0 Å². The second-order valence-corrected chi connectivity index (χ2v) is 11.5. The first-order valence-corrected chi connectivity index (χ1v) is 12.8. The summed E-state index contributed by atoms with van der Waals surface area (Å²) in [6.07, 6.45) is 7.18. The van der Waals surface area contributed by atoms with E-state index in [0.717, 1.165) is 36.8 Å². The number of halogens is 3. The highest BCUT2D eigenvalue weighted by atomic mass is 32.2. The van der Waals surface area contributed by atoms with Crippen LogP contribution < -0.4 is 4.18 Å². The van der Waals surface area contributed by atoms with Gasteiger partial charge in [0.2, 0.25) is 0 Å². The van der Waals surface area contributed by atoms with Gasteiger partial charge in [-0.1, -0.05) is 48.9 Å². The van der Waals surface area contributed by atoms with Crippen LogP contribution in [0, 0.1) is 24.2 Å². The first kappa shape index (κ1) is 22.5. The number of allylic oxidation sites excluding steroid dienone is 2. The molecule has 0 N–H and O–H groups in total.